The van der Waals surface area contributed by atoms with Crippen LogP contribution in [-0.2, 0) is 9.59 Å². The van der Waals surface area contributed by atoms with E-state index in [-0.39, 0.29) is 27.5 Å². The molecule has 0 saturated carbocycles. The van der Waals surface area contributed by atoms with Crippen molar-refractivity contribution in [3.63, 3.8) is 0 Å². The molecule has 3 aromatic rings. The third-order valence-corrected chi connectivity index (χ3v) is 5.23. The smallest absolute Gasteiger partial charge is 0.301 e. The van der Waals surface area contributed by atoms with Gasteiger partial charge in [-0.25, -0.2) is 4.39 Å². The second-order valence-corrected chi connectivity index (χ2v) is 7.24. The normalized spacial score (nSPS) is 17.9. The van der Waals surface area contributed by atoms with Crippen LogP contribution in [0.15, 0.2) is 58.6 Å². The Hall–Kier alpha value is -3.65. The van der Waals surface area contributed by atoms with Gasteiger partial charge in [0.05, 0.1) is 23.7 Å². The minimum Gasteiger partial charge on any atom is -0.507 e. The van der Waals surface area contributed by atoms with Gasteiger partial charge >= 0.3 is 5.91 Å². The summed E-state index contributed by atoms with van der Waals surface area (Å²) < 4.78 is 24.9. The Morgan fingerprint density at radius 2 is 1.97 bits per heavy atom. The molecule has 1 saturated heterocycles. The number of carbonyl (C=O) groups is 2. The highest BCUT2D eigenvalue weighted by atomic mass is 35.5. The predicted molar refractivity (Wildman–Crippen MR) is 110 cm³/mol. The molecule has 158 valence electrons. The summed E-state index contributed by atoms with van der Waals surface area (Å²) >= 11 is 6.15. The molecule has 31 heavy (non-hydrogen) atoms. The number of nitrogens with zero attached hydrogens (tertiary/aromatic N) is 2. The van der Waals surface area contributed by atoms with E-state index in [1.807, 2.05) is 0 Å². The van der Waals surface area contributed by atoms with Gasteiger partial charge in [0.2, 0.25) is 0 Å². The van der Waals surface area contributed by atoms with Gasteiger partial charge in [0.25, 0.3) is 5.78 Å². The van der Waals surface area contributed by atoms with Crippen molar-refractivity contribution in [1.82, 2.24) is 5.16 Å². The van der Waals surface area contributed by atoms with E-state index in [2.05, 4.69) is 5.16 Å². The van der Waals surface area contributed by atoms with Crippen molar-refractivity contribution in [3.05, 3.63) is 81.8 Å². The van der Waals surface area contributed by atoms with Gasteiger partial charge in [-0.1, -0.05) is 35.0 Å². The fraction of sp³-hybridized carbons (Fsp3) is 0.136. The molecular formula is C22H16ClFN2O5. The maximum atomic E-state index is 14.8. The molecule has 1 amide bonds. The van der Waals surface area contributed by atoms with Crippen LogP contribution in [0.1, 0.15) is 22.9 Å². The first kappa shape index (κ1) is 20.6. The zero-order valence-corrected chi connectivity index (χ0v) is 17.2. The first-order valence-electron chi connectivity index (χ1n) is 9.16. The molecule has 0 aliphatic carbocycles. The number of halogens is 2. The van der Waals surface area contributed by atoms with Gasteiger partial charge in [0, 0.05) is 17.2 Å². The lowest BCUT2D eigenvalue weighted by Gasteiger charge is -2.23. The fourth-order valence-electron chi connectivity index (χ4n) is 3.50. The minimum absolute atomic E-state index is 0.0171. The average Bonchev–Trinajstić information content (AvgIpc) is 3.28. The number of Topliss-reactive ketones (excluding diaryl/α,β-unsaturated/α-hetero) is 1. The van der Waals surface area contributed by atoms with Gasteiger partial charge in [-0.05, 0) is 31.2 Å². The minimum atomic E-state index is -1.26. The lowest BCUT2D eigenvalue weighted by molar-refractivity contribution is -0.132. The molecule has 0 spiro atoms. The Morgan fingerprint density at radius 3 is 2.58 bits per heavy atom. The maximum absolute atomic E-state index is 14.8. The van der Waals surface area contributed by atoms with Crippen LogP contribution in [0.5, 0.6) is 5.75 Å². The van der Waals surface area contributed by atoms with Crippen LogP contribution < -0.4 is 9.64 Å². The molecule has 2 heterocycles. The second kappa shape index (κ2) is 7.88. The lowest BCUT2D eigenvalue weighted by atomic mass is 9.95. The molecule has 1 aliphatic rings. The van der Waals surface area contributed by atoms with Crippen LogP contribution in [0.25, 0.3) is 5.76 Å². The van der Waals surface area contributed by atoms with Crippen molar-refractivity contribution in [2.24, 2.45) is 0 Å². The standard InChI is InChI=1S/C22H16ClFN2O5/c1-11-9-17(25-31-11)26-19(13-5-3-4-6-15(13)24)18(21(28)22(26)29)20(27)12-7-8-16(30-2)14(23)10-12/h3-10,19,27H,1-2H3/t19-/m0/s1. The third-order valence-electron chi connectivity index (χ3n) is 4.93. The predicted octanol–water partition coefficient (Wildman–Crippen LogP) is 4.41. The molecule has 1 N–H and O–H groups in total. The van der Waals surface area contributed by atoms with E-state index in [0.717, 1.165) is 4.90 Å². The highest BCUT2D eigenvalue weighted by molar-refractivity contribution is 6.51. The third kappa shape index (κ3) is 3.44. The number of hydrogen-bond acceptors (Lipinski definition) is 6. The zero-order valence-electron chi connectivity index (χ0n) is 16.4. The first-order chi connectivity index (χ1) is 14.8. The molecule has 4 rings (SSSR count). The largest absolute Gasteiger partial charge is 0.507 e. The number of amides is 1. The number of aromatic nitrogens is 1. The molecule has 1 atom stereocenters. The van der Waals surface area contributed by atoms with Gasteiger partial charge in [-0.3, -0.25) is 14.5 Å². The summed E-state index contributed by atoms with van der Waals surface area (Å²) in [6.45, 7) is 1.62. The Bertz CT molecular complexity index is 1240. The second-order valence-electron chi connectivity index (χ2n) is 6.84. The van der Waals surface area contributed by atoms with E-state index in [1.54, 1.807) is 13.0 Å². The number of benzene rings is 2. The summed E-state index contributed by atoms with van der Waals surface area (Å²) in [5.74, 6) is -2.33. The van der Waals surface area contributed by atoms with Crippen LogP contribution in [0.2, 0.25) is 5.02 Å². The highest BCUT2D eigenvalue weighted by Crippen LogP contribution is 2.43. The van der Waals surface area contributed by atoms with E-state index >= 15 is 0 Å². The number of aliphatic hydroxyl groups is 1. The Balaban J connectivity index is 1.96. The number of ketones is 1. The number of aryl methyl sites for hydroxylation is 1. The van der Waals surface area contributed by atoms with Crippen LogP contribution in [0.4, 0.5) is 10.2 Å². The molecule has 0 unspecified atom stereocenters. The van der Waals surface area contributed by atoms with E-state index in [4.69, 9.17) is 20.9 Å². The lowest BCUT2D eigenvalue weighted by Crippen LogP contribution is -2.30. The van der Waals surface area contributed by atoms with Crippen LogP contribution in [-0.4, -0.2) is 29.1 Å². The fourth-order valence-corrected chi connectivity index (χ4v) is 3.75. The number of hydrogen-bond donors (Lipinski definition) is 1. The Morgan fingerprint density at radius 1 is 1.23 bits per heavy atom. The number of rotatable bonds is 4. The van der Waals surface area contributed by atoms with Crippen LogP contribution in [0.3, 0.4) is 0 Å². The zero-order chi connectivity index (χ0) is 22.3. The van der Waals surface area contributed by atoms with E-state index in [1.165, 1.54) is 49.6 Å². The maximum Gasteiger partial charge on any atom is 0.301 e. The number of methoxy groups -OCH3 is 1. The summed E-state index contributed by atoms with van der Waals surface area (Å²) in [5, 5.41) is 15.0. The number of aliphatic hydroxyl groups excluding tert-OH is 1. The van der Waals surface area contributed by atoms with Crippen LogP contribution >= 0.6 is 11.6 Å². The number of carbonyl (C=O) groups excluding carboxylic acids is 2. The SMILES string of the molecule is COc1ccc(C(O)=C2C(=O)C(=O)N(c3cc(C)on3)[C@H]2c2ccccc2F)cc1Cl. The van der Waals surface area contributed by atoms with Gasteiger partial charge in [0.15, 0.2) is 5.82 Å². The van der Waals surface area contributed by atoms with Crippen molar-refractivity contribution in [3.8, 4) is 5.75 Å². The van der Waals surface area contributed by atoms with Gasteiger partial charge in [-0.15, -0.1) is 0 Å². The van der Waals surface area contributed by atoms with E-state index < -0.39 is 29.3 Å². The molecule has 9 heteroatoms. The van der Waals surface area contributed by atoms with Crippen molar-refractivity contribution < 1.29 is 28.3 Å². The van der Waals surface area contributed by atoms with Crippen molar-refractivity contribution in [2.75, 3.05) is 12.0 Å². The molecule has 2 aromatic carbocycles. The molecular weight excluding hydrogens is 427 g/mol. The summed E-state index contributed by atoms with van der Waals surface area (Å²) in [6, 6.07) is 10.2. The molecule has 7 nitrogen and oxygen atoms in total. The molecule has 1 aromatic heterocycles. The van der Waals surface area contributed by atoms with Crippen molar-refractivity contribution in [1.29, 1.82) is 0 Å². The molecule has 1 fully saturated rings. The Labute approximate surface area is 181 Å². The highest BCUT2D eigenvalue weighted by Gasteiger charge is 2.48. The topological polar surface area (TPSA) is 92.9 Å². The summed E-state index contributed by atoms with van der Waals surface area (Å²) in [4.78, 5) is 26.9. The Kier molecular flexibility index (Phi) is 5.24. The van der Waals surface area contributed by atoms with Gasteiger partial charge in [-0.2, -0.15) is 0 Å². The van der Waals surface area contributed by atoms with E-state index in [0.29, 0.717) is 11.5 Å². The summed E-state index contributed by atoms with van der Waals surface area (Å²) in [6.07, 6.45) is 0. The number of ether oxygens (including phenoxy) is 1. The van der Waals surface area contributed by atoms with Crippen LogP contribution in [0, 0.1) is 12.7 Å². The molecule has 1 aliphatic heterocycles. The quantitative estimate of drug-likeness (QED) is 0.365. The molecule has 0 radical (unpaired) electrons. The molecule has 0 bridgehead atoms. The summed E-state index contributed by atoms with van der Waals surface area (Å²) in [5.41, 5.74) is -0.109. The van der Waals surface area contributed by atoms with Gasteiger partial charge in [0.1, 0.15) is 23.1 Å². The number of anilines is 1. The van der Waals surface area contributed by atoms with Crippen molar-refractivity contribution in [2.45, 2.75) is 13.0 Å². The monoisotopic (exact) mass is 442 g/mol. The summed E-state index contributed by atoms with van der Waals surface area (Å²) in [7, 11) is 1.43. The van der Waals surface area contributed by atoms with Crippen molar-refractivity contribution >= 4 is 34.9 Å². The average molecular weight is 443 g/mol. The first-order valence-corrected chi connectivity index (χ1v) is 9.54. The van der Waals surface area contributed by atoms with E-state index in [9.17, 15) is 19.1 Å². The van der Waals surface area contributed by atoms with Gasteiger partial charge < -0.3 is 14.4 Å².